The van der Waals surface area contributed by atoms with Crippen molar-refractivity contribution in [3.05, 3.63) is 90.3 Å². The molecule has 0 amide bonds. The van der Waals surface area contributed by atoms with Crippen LogP contribution in [0.3, 0.4) is 0 Å². The highest BCUT2D eigenvalue weighted by molar-refractivity contribution is 7.92. The van der Waals surface area contributed by atoms with Crippen LogP contribution in [-0.4, -0.2) is 27.6 Å². The summed E-state index contributed by atoms with van der Waals surface area (Å²) in [6.45, 7) is 1.78. The minimum Gasteiger partial charge on any atom is -0.497 e. The zero-order valence-electron chi connectivity index (χ0n) is 18.6. The van der Waals surface area contributed by atoms with Crippen molar-refractivity contribution < 1.29 is 22.3 Å². The fraction of sp³-hybridized carbons (Fsp3) is 0.160. The van der Waals surface area contributed by atoms with Crippen LogP contribution in [0.25, 0.3) is 11.5 Å². The molecule has 0 radical (unpaired) electrons. The molecular formula is C25H24N2O5S. The van der Waals surface area contributed by atoms with Gasteiger partial charge in [0.15, 0.2) is 0 Å². The van der Waals surface area contributed by atoms with Gasteiger partial charge in [0.25, 0.3) is 10.0 Å². The van der Waals surface area contributed by atoms with Crippen molar-refractivity contribution in [1.29, 1.82) is 0 Å². The highest BCUT2D eigenvalue weighted by atomic mass is 32.2. The highest BCUT2D eigenvalue weighted by Gasteiger charge is 2.27. The number of ether oxygens (including phenoxy) is 2. The van der Waals surface area contributed by atoms with Gasteiger partial charge in [0.1, 0.15) is 23.0 Å². The first-order valence-corrected chi connectivity index (χ1v) is 11.7. The van der Waals surface area contributed by atoms with E-state index < -0.39 is 10.0 Å². The van der Waals surface area contributed by atoms with Gasteiger partial charge in [-0.25, -0.2) is 13.4 Å². The molecule has 0 fully saturated rings. The van der Waals surface area contributed by atoms with E-state index in [0.29, 0.717) is 28.8 Å². The van der Waals surface area contributed by atoms with Crippen LogP contribution in [0.5, 0.6) is 11.5 Å². The van der Waals surface area contributed by atoms with Gasteiger partial charge in [-0.15, -0.1) is 0 Å². The quantitative estimate of drug-likeness (QED) is 0.362. The molecule has 1 heterocycles. The molecule has 0 spiro atoms. The summed E-state index contributed by atoms with van der Waals surface area (Å²) in [4.78, 5) is 4.80. The molecule has 0 atom stereocenters. The van der Waals surface area contributed by atoms with Crippen LogP contribution >= 0.6 is 0 Å². The van der Waals surface area contributed by atoms with E-state index in [9.17, 15) is 8.42 Å². The normalized spacial score (nSPS) is 11.2. The van der Waals surface area contributed by atoms with Gasteiger partial charge in [0.2, 0.25) is 5.89 Å². The molecule has 0 saturated carbocycles. The van der Waals surface area contributed by atoms with Gasteiger partial charge in [-0.2, -0.15) is 0 Å². The summed E-state index contributed by atoms with van der Waals surface area (Å²) in [6, 6.07) is 22.5. The zero-order chi connectivity index (χ0) is 23.4. The van der Waals surface area contributed by atoms with Crippen molar-refractivity contribution in [3.63, 3.8) is 0 Å². The number of rotatable bonds is 8. The number of aromatic nitrogens is 1. The maximum Gasteiger partial charge on any atom is 0.264 e. The van der Waals surface area contributed by atoms with E-state index in [-0.39, 0.29) is 11.4 Å². The summed E-state index contributed by atoms with van der Waals surface area (Å²) in [6.07, 6.45) is 0. The second-order valence-electron chi connectivity index (χ2n) is 7.27. The molecule has 3 aromatic carbocycles. The Balaban J connectivity index is 1.73. The number of hydrogen-bond donors (Lipinski definition) is 0. The predicted octanol–water partition coefficient (Wildman–Crippen LogP) is 5.06. The van der Waals surface area contributed by atoms with Gasteiger partial charge < -0.3 is 13.9 Å². The van der Waals surface area contributed by atoms with Gasteiger partial charge in [0, 0.05) is 5.56 Å². The van der Waals surface area contributed by atoms with Crippen LogP contribution in [0.1, 0.15) is 11.5 Å². The van der Waals surface area contributed by atoms with Crippen molar-refractivity contribution in [2.45, 2.75) is 18.4 Å². The monoisotopic (exact) mass is 464 g/mol. The summed E-state index contributed by atoms with van der Waals surface area (Å²) in [5, 5.41) is 0. The van der Waals surface area contributed by atoms with Gasteiger partial charge in [-0.3, -0.25) is 4.31 Å². The molecular weight excluding hydrogens is 440 g/mol. The number of benzene rings is 3. The highest BCUT2D eigenvalue weighted by Crippen LogP contribution is 2.30. The van der Waals surface area contributed by atoms with Gasteiger partial charge in [0.05, 0.1) is 31.3 Å². The molecule has 0 bridgehead atoms. The third kappa shape index (κ3) is 4.70. The zero-order valence-corrected chi connectivity index (χ0v) is 19.4. The molecule has 0 N–H and O–H groups in total. The van der Waals surface area contributed by atoms with E-state index in [0.717, 1.165) is 11.3 Å². The van der Waals surface area contributed by atoms with Crippen molar-refractivity contribution in [2.75, 3.05) is 18.5 Å². The smallest absolute Gasteiger partial charge is 0.264 e. The first kappa shape index (κ1) is 22.4. The number of hydrogen-bond acceptors (Lipinski definition) is 6. The third-order valence-corrected chi connectivity index (χ3v) is 7.00. The number of methoxy groups -OCH3 is 2. The molecule has 8 heteroatoms. The van der Waals surface area contributed by atoms with Crippen LogP contribution in [0.2, 0.25) is 0 Å². The van der Waals surface area contributed by atoms with Crippen molar-refractivity contribution >= 4 is 15.7 Å². The average Bonchev–Trinajstić information content (AvgIpc) is 3.23. The van der Waals surface area contributed by atoms with Gasteiger partial charge >= 0.3 is 0 Å². The number of aryl methyl sites for hydroxylation is 1. The van der Waals surface area contributed by atoms with Crippen molar-refractivity contribution in [3.8, 4) is 23.0 Å². The standard InChI is InChI=1S/C25H24N2O5S/c1-18-24(26-25(32-18)19-9-13-21(30-2)14-10-19)17-27(20-11-15-22(31-3)16-12-20)33(28,29)23-7-5-4-6-8-23/h4-16H,17H2,1-3H3. The summed E-state index contributed by atoms with van der Waals surface area (Å²) in [7, 11) is -0.696. The average molecular weight is 465 g/mol. The Kier molecular flexibility index (Phi) is 6.37. The van der Waals surface area contributed by atoms with Crippen molar-refractivity contribution in [2.24, 2.45) is 0 Å². The lowest BCUT2D eigenvalue weighted by Crippen LogP contribution is -2.31. The van der Waals surface area contributed by atoms with Crippen LogP contribution in [0.15, 0.2) is 88.2 Å². The first-order valence-electron chi connectivity index (χ1n) is 10.2. The Morgan fingerprint density at radius 1 is 0.848 bits per heavy atom. The second-order valence-corrected chi connectivity index (χ2v) is 9.14. The second kappa shape index (κ2) is 9.38. The lowest BCUT2D eigenvalue weighted by atomic mass is 10.2. The van der Waals surface area contributed by atoms with Crippen molar-refractivity contribution in [1.82, 2.24) is 4.98 Å². The Bertz CT molecular complexity index is 1320. The molecule has 170 valence electrons. The van der Waals surface area contributed by atoms with Crippen LogP contribution in [-0.2, 0) is 16.6 Å². The molecule has 33 heavy (non-hydrogen) atoms. The van der Waals surface area contributed by atoms with E-state index in [1.807, 2.05) is 24.3 Å². The Morgan fingerprint density at radius 2 is 1.42 bits per heavy atom. The fourth-order valence-electron chi connectivity index (χ4n) is 3.35. The van der Waals surface area contributed by atoms with Crippen LogP contribution in [0.4, 0.5) is 5.69 Å². The van der Waals surface area contributed by atoms with E-state index in [4.69, 9.17) is 13.9 Å². The summed E-state index contributed by atoms with van der Waals surface area (Å²) in [5.41, 5.74) is 1.79. The summed E-state index contributed by atoms with van der Waals surface area (Å²) in [5.74, 6) is 2.32. The Hall–Kier alpha value is -3.78. The van der Waals surface area contributed by atoms with Gasteiger partial charge in [-0.1, -0.05) is 18.2 Å². The maximum atomic E-state index is 13.6. The molecule has 0 aliphatic carbocycles. The molecule has 1 aromatic heterocycles. The molecule has 7 nitrogen and oxygen atoms in total. The number of oxazole rings is 1. The Morgan fingerprint density at radius 3 is 2.00 bits per heavy atom. The van der Waals surface area contributed by atoms with Gasteiger partial charge in [-0.05, 0) is 67.6 Å². The first-order chi connectivity index (χ1) is 15.9. The number of sulfonamides is 1. The SMILES string of the molecule is COc1ccc(-c2nc(CN(c3ccc(OC)cc3)S(=O)(=O)c3ccccc3)c(C)o2)cc1. The van der Waals surface area contributed by atoms with E-state index in [1.54, 1.807) is 75.7 Å². The summed E-state index contributed by atoms with van der Waals surface area (Å²) < 4.78 is 44.8. The molecule has 4 rings (SSSR count). The minimum absolute atomic E-state index is 0.00897. The fourth-order valence-corrected chi connectivity index (χ4v) is 4.80. The number of anilines is 1. The number of nitrogens with zero attached hydrogens (tertiary/aromatic N) is 2. The lowest BCUT2D eigenvalue weighted by molar-refractivity contribution is 0.414. The molecule has 0 aliphatic heterocycles. The molecule has 0 unspecified atom stereocenters. The van der Waals surface area contributed by atoms with E-state index in [1.165, 1.54) is 4.31 Å². The van der Waals surface area contributed by atoms with E-state index >= 15 is 0 Å². The summed E-state index contributed by atoms with van der Waals surface area (Å²) >= 11 is 0. The van der Waals surface area contributed by atoms with E-state index in [2.05, 4.69) is 4.98 Å². The van der Waals surface area contributed by atoms with Crippen LogP contribution < -0.4 is 13.8 Å². The van der Waals surface area contributed by atoms with Crippen LogP contribution in [0, 0.1) is 6.92 Å². The Labute approximate surface area is 193 Å². The molecule has 4 aromatic rings. The molecule has 0 saturated heterocycles. The minimum atomic E-state index is -3.86. The largest absolute Gasteiger partial charge is 0.497 e. The third-order valence-electron chi connectivity index (χ3n) is 5.21. The maximum absolute atomic E-state index is 13.6. The predicted molar refractivity (Wildman–Crippen MR) is 126 cm³/mol. The lowest BCUT2D eigenvalue weighted by Gasteiger charge is -2.24. The molecule has 0 aliphatic rings. The topological polar surface area (TPSA) is 81.9 Å².